The molecule has 0 atom stereocenters. The lowest BCUT2D eigenvalue weighted by Crippen LogP contribution is -2.27. The first-order chi connectivity index (χ1) is 13.5. The Hall–Kier alpha value is -2.17. The zero-order valence-corrected chi connectivity index (χ0v) is 17.3. The first-order valence-electron chi connectivity index (χ1n) is 9.03. The third kappa shape index (κ3) is 3.59. The molecule has 2 aromatic heterocycles. The van der Waals surface area contributed by atoms with Crippen LogP contribution < -0.4 is 0 Å². The number of rotatable bonds is 6. The zero-order valence-electron chi connectivity index (χ0n) is 15.7. The van der Waals surface area contributed by atoms with Crippen molar-refractivity contribution in [2.24, 2.45) is 0 Å². The van der Waals surface area contributed by atoms with Crippen molar-refractivity contribution in [1.29, 1.82) is 0 Å². The second-order valence-electron chi connectivity index (χ2n) is 6.71. The highest BCUT2D eigenvalue weighted by Crippen LogP contribution is 2.28. The molecule has 0 N–H and O–H groups in total. The molecule has 1 aliphatic rings. The molecule has 1 saturated heterocycles. The maximum atomic E-state index is 12.6. The molecule has 0 saturated carbocycles. The Morgan fingerprint density at radius 3 is 2.71 bits per heavy atom. The van der Waals surface area contributed by atoms with E-state index in [1.807, 2.05) is 32.0 Å². The van der Waals surface area contributed by atoms with Gasteiger partial charge < -0.3 is 4.42 Å². The van der Waals surface area contributed by atoms with Crippen LogP contribution in [-0.2, 0) is 15.8 Å². The first kappa shape index (κ1) is 19.2. The van der Waals surface area contributed by atoms with Crippen molar-refractivity contribution in [2.75, 3.05) is 13.1 Å². The molecule has 3 aromatic rings. The van der Waals surface area contributed by atoms with Crippen LogP contribution >= 0.6 is 11.8 Å². The van der Waals surface area contributed by atoms with Gasteiger partial charge >= 0.3 is 0 Å². The Morgan fingerprint density at radius 2 is 1.93 bits per heavy atom. The molecule has 0 unspecified atom stereocenters. The summed E-state index contributed by atoms with van der Waals surface area (Å²) in [6.07, 6.45) is 1.79. The van der Waals surface area contributed by atoms with Crippen molar-refractivity contribution in [3.63, 3.8) is 0 Å². The number of hydrogen-bond acceptors (Lipinski definition) is 7. The molecule has 1 fully saturated rings. The fourth-order valence-electron chi connectivity index (χ4n) is 3.15. The van der Waals surface area contributed by atoms with Crippen LogP contribution in [0.15, 0.2) is 45.0 Å². The Labute approximate surface area is 168 Å². The van der Waals surface area contributed by atoms with Crippen LogP contribution in [-0.4, -0.2) is 46.0 Å². The van der Waals surface area contributed by atoms with E-state index in [1.54, 1.807) is 10.7 Å². The Morgan fingerprint density at radius 1 is 1.14 bits per heavy atom. The van der Waals surface area contributed by atoms with E-state index in [0.29, 0.717) is 29.8 Å². The molecule has 148 valence electrons. The topological polar surface area (TPSA) is 94.1 Å². The molecule has 0 bridgehead atoms. The van der Waals surface area contributed by atoms with Gasteiger partial charge in [-0.3, -0.25) is 0 Å². The molecule has 3 heterocycles. The fourth-order valence-corrected chi connectivity index (χ4v) is 5.37. The monoisotopic (exact) mass is 419 g/mol. The minimum absolute atomic E-state index is 0.000814. The fraction of sp³-hybridized carbons (Fsp3) is 0.389. The van der Waals surface area contributed by atoms with Crippen LogP contribution in [0.3, 0.4) is 0 Å². The van der Waals surface area contributed by atoms with E-state index in [1.165, 1.54) is 22.1 Å². The number of furan rings is 1. The number of benzene rings is 1. The van der Waals surface area contributed by atoms with Gasteiger partial charge in [-0.25, -0.2) is 8.42 Å². The summed E-state index contributed by atoms with van der Waals surface area (Å²) in [6.45, 7) is 5.18. The summed E-state index contributed by atoms with van der Waals surface area (Å²) < 4.78 is 33.9. The van der Waals surface area contributed by atoms with Crippen molar-refractivity contribution >= 4 is 21.8 Å². The summed E-state index contributed by atoms with van der Waals surface area (Å²) in [5.41, 5.74) is 3.18. The van der Waals surface area contributed by atoms with E-state index in [-0.39, 0.29) is 5.09 Å². The van der Waals surface area contributed by atoms with Gasteiger partial charge in [-0.05, 0) is 66.4 Å². The Kier molecular flexibility index (Phi) is 5.26. The normalized spacial score (nSPS) is 15.4. The van der Waals surface area contributed by atoms with Crippen LogP contribution in [0.25, 0.3) is 5.69 Å². The molecular weight excluding hydrogens is 398 g/mol. The standard InChI is InChI=1S/C18H21N5O3S2/c1-13-6-5-7-16(14(13)2)23-18(19-20-21-23)27-12-15-8-9-17(26-15)28(24,25)22-10-3-4-11-22/h5-9H,3-4,10-12H2,1-2H3. The van der Waals surface area contributed by atoms with E-state index >= 15 is 0 Å². The van der Waals surface area contributed by atoms with Gasteiger partial charge in [0.15, 0.2) is 0 Å². The summed E-state index contributed by atoms with van der Waals surface area (Å²) in [6, 6.07) is 9.20. The second-order valence-corrected chi connectivity index (χ2v) is 9.52. The maximum Gasteiger partial charge on any atom is 0.276 e. The van der Waals surface area contributed by atoms with Crippen molar-refractivity contribution in [3.05, 3.63) is 47.2 Å². The lowest BCUT2D eigenvalue weighted by atomic mass is 10.1. The number of tetrazole rings is 1. The van der Waals surface area contributed by atoms with Gasteiger partial charge in [-0.2, -0.15) is 8.99 Å². The summed E-state index contributed by atoms with van der Waals surface area (Å²) >= 11 is 1.40. The number of thioether (sulfide) groups is 1. The minimum atomic E-state index is -3.54. The second kappa shape index (κ2) is 7.69. The van der Waals surface area contributed by atoms with Gasteiger partial charge in [0.25, 0.3) is 10.0 Å². The van der Waals surface area contributed by atoms with Crippen molar-refractivity contribution < 1.29 is 12.8 Å². The molecule has 0 amide bonds. The highest BCUT2D eigenvalue weighted by molar-refractivity contribution is 7.98. The van der Waals surface area contributed by atoms with Gasteiger partial charge in [-0.15, -0.1) is 5.10 Å². The molecule has 0 aliphatic carbocycles. The Bertz CT molecular complexity index is 1080. The average molecular weight is 420 g/mol. The number of nitrogens with zero attached hydrogens (tertiary/aromatic N) is 5. The van der Waals surface area contributed by atoms with E-state index in [2.05, 4.69) is 15.5 Å². The van der Waals surface area contributed by atoms with E-state index in [0.717, 1.165) is 29.7 Å². The third-order valence-corrected chi connectivity index (χ3v) is 7.60. The number of aromatic nitrogens is 4. The van der Waals surface area contributed by atoms with E-state index in [4.69, 9.17) is 4.42 Å². The average Bonchev–Trinajstić information content (AvgIpc) is 3.43. The van der Waals surface area contributed by atoms with Gasteiger partial charge in [-0.1, -0.05) is 23.9 Å². The minimum Gasteiger partial charge on any atom is -0.447 e. The predicted molar refractivity (Wildman–Crippen MR) is 105 cm³/mol. The molecule has 1 aromatic carbocycles. The lowest BCUT2D eigenvalue weighted by molar-refractivity contribution is 0.397. The molecule has 1 aliphatic heterocycles. The summed E-state index contributed by atoms with van der Waals surface area (Å²) in [7, 11) is -3.54. The smallest absolute Gasteiger partial charge is 0.276 e. The SMILES string of the molecule is Cc1cccc(-n2nnnc2SCc2ccc(S(=O)(=O)N3CCCC3)o2)c1C. The molecule has 4 rings (SSSR count). The highest BCUT2D eigenvalue weighted by Gasteiger charge is 2.30. The van der Waals surface area contributed by atoms with E-state index < -0.39 is 10.0 Å². The van der Waals surface area contributed by atoms with Gasteiger partial charge in [0, 0.05) is 13.1 Å². The quantitative estimate of drug-likeness (QED) is 0.567. The Balaban J connectivity index is 1.50. The van der Waals surface area contributed by atoms with Gasteiger partial charge in [0.2, 0.25) is 10.2 Å². The molecular formula is C18H21N5O3S2. The largest absolute Gasteiger partial charge is 0.447 e. The molecule has 28 heavy (non-hydrogen) atoms. The summed E-state index contributed by atoms with van der Waals surface area (Å²) in [5, 5.41) is 12.6. The van der Waals surface area contributed by atoms with Crippen molar-refractivity contribution in [3.8, 4) is 5.69 Å². The molecule has 0 radical (unpaired) electrons. The van der Waals surface area contributed by atoms with Crippen molar-refractivity contribution in [2.45, 2.75) is 42.7 Å². The number of aryl methyl sites for hydroxylation is 1. The summed E-state index contributed by atoms with van der Waals surface area (Å²) in [4.78, 5) is 0. The van der Waals surface area contributed by atoms with E-state index in [9.17, 15) is 8.42 Å². The number of sulfonamides is 1. The third-order valence-electron chi connectivity index (χ3n) is 4.88. The zero-order chi connectivity index (χ0) is 19.7. The lowest BCUT2D eigenvalue weighted by Gasteiger charge is -2.12. The molecule has 0 spiro atoms. The highest BCUT2D eigenvalue weighted by atomic mass is 32.2. The van der Waals surface area contributed by atoms with Crippen LogP contribution in [0.1, 0.15) is 29.7 Å². The van der Waals surface area contributed by atoms with Crippen LogP contribution in [0.5, 0.6) is 0 Å². The van der Waals surface area contributed by atoms with Crippen LogP contribution in [0.2, 0.25) is 0 Å². The maximum absolute atomic E-state index is 12.6. The van der Waals surface area contributed by atoms with Crippen LogP contribution in [0, 0.1) is 13.8 Å². The van der Waals surface area contributed by atoms with Gasteiger partial charge in [0.05, 0.1) is 11.4 Å². The van der Waals surface area contributed by atoms with Crippen LogP contribution in [0.4, 0.5) is 0 Å². The summed E-state index contributed by atoms with van der Waals surface area (Å²) in [5.74, 6) is 0.999. The van der Waals surface area contributed by atoms with Crippen molar-refractivity contribution in [1.82, 2.24) is 24.5 Å². The number of hydrogen-bond donors (Lipinski definition) is 0. The first-order valence-corrected chi connectivity index (χ1v) is 11.5. The molecule has 8 nitrogen and oxygen atoms in total. The predicted octanol–water partition coefficient (Wildman–Crippen LogP) is 2.95. The van der Waals surface area contributed by atoms with Gasteiger partial charge in [0.1, 0.15) is 5.76 Å². The molecule has 10 heteroatoms.